The van der Waals surface area contributed by atoms with Gasteiger partial charge in [-0.1, -0.05) is 0 Å². The molecule has 2 atom stereocenters. The van der Waals surface area contributed by atoms with E-state index >= 15 is 0 Å². The molecule has 94 valence electrons. The molecule has 1 fully saturated rings. The number of benzene rings is 1. The zero-order valence-electron chi connectivity index (χ0n) is 10.1. The van der Waals surface area contributed by atoms with E-state index < -0.39 is 0 Å². The summed E-state index contributed by atoms with van der Waals surface area (Å²) in [5.41, 5.74) is 6.37. The highest BCUT2D eigenvalue weighted by atomic mass is 19.1. The third-order valence-corrected chi connectivity index (χ3v) is 3.63. The molecule has 17 heavy (non-hydrogen) atoms. The number of halogens is 1. The molecule has 0 aliphatic carbocycles. The standard InChI is InChI=1S/C13H19FN2O/c1-9(16-6-2-3-11(16)8-15)12-7-10(14)4-5-13(12)17/h4-5,7,9,11,17H,2-3,6,8,15H2,1H3. The molecule has 1 aromatic carbocycles. The second kappa shape index (κ2) is 5.02. The van der Waals surface area contributed by atoms with Gasteiger partial charge in [-0.3, -0.25) is 4.90 Å². The third-order valence-electron chi connectivity index (χ3n) is 3.63. The van der Waals surface area contributed by atoms with E-state index in [1.165, 1.54) is 18.2 Å². The van der Waals surface area contributed by atoms with Crippen molar-refractivity contribution in [1.82, 2.24) is 4.90 Å². The lowest BCUT2D eigenvalue weighted by atomic mass is 10.0. The van der Waals surface area contributed by atoms with E-state index in [-0.39, 0.29) is 17.6 Å². The first-order valence-corrected chi connectivity index (χ1v) is 6.07. The van der Waals surface area contributed by atoms with Crippen molar-refractivity contribution < 1.29 is 9.50 Å². The van der Waals surface area contributed by atoms with Gasteiger partial charge in [-0.15, -0.1) is 0 Å². The summed E-state index contributed by atoms with van der Waals surface area (Å²) in [4.78, 5) is 2.24. The quantitative estimate of drug-likeness (QED) is 0.847. The van der Waals surface area contributed by atoms with Crippen LogP contribution in [0.25, 0.3) is 0 Å². The number of hydrogen-bond acceptors (Lipinski definition) is 3. The maximum Gasteiger partial charge on any atom is 0.123 e. The van der Waals surface area contributed by atoms with Gasteiger partial charge in [-0.05, 0) is 44.5 Å². The van der Waals surface area contributed by atoms with Crippen molar-refractivity contribution >= 4 is 0 Å². The van der Waals surface area contributed by atoms with Gasteiger partial charge >= 0.3 is 0 Å². The molecule has 0 saturated carbocycles. The van der Waals surface area contributed by atoms with E-state index in [1.807, 2.05) is 6.92 Å². The van der Waals surface area contributed by atoms with E-state index in [1.54, 1.807) is 0 Å². The van der Waals surface area contributed by atoms with Crippen molar-refractivity contribution in [2.75, 3.05) is 13.1 Å². The summed E-state index contributed by atoms with van der Waals surface area (Å²) in [6.07, 6.45) is 2.19. The Morgan fingerprint density at radius 3 is 3.06 bits per heavy atom. The molecular formula is C13H19FN2O. The molecule has 1 heterocycles. The Kier molecular flexibility index (Phi) is 3.64. The molecule has 1 aromatic rings. The Hall–Kier alpha value is -1.13. The number of hydrogen-bond donors (Lipinski definition) is 2. The smallest absolute Gasteiger partial charge is 0.123 e. The van der Waals surface area contributed by atoms with Crippen molar-refractivity contribution in [3.63, 3.8) is 0 Å². The zero-order chi connectivity index (χ0) is 12.4. The van der Waals surface area contributed by atoms with Crippen LogP contribution in [-0.2, 0) is 0 Å². The first-order valence-electron chi connectivity index (χ1n) is 6.07. The molecule has 2 rings (SSSR count). The Labute approximate surface area is 101 Å². The molecule has 1 aliphatic heterocycles. The molecule has 0 bridgehead atoms. The first kappa shape index (κ1) is 12.3. The summed E-state index contributed by atoms with van der Waals surface area (Å²) in [6, 6.07) is 4.44. The van der Waals surface area contributed by atoms with Gasteiger partial charge in [0.1, 0.15) is 11.6 Å². The third kappa shape index (κ3) is 2.42. The highest BCUT2D eigenvalue weighted by Gasteiger charge is 2.29. The molecular weight excluding hydrogens is 219 g/mol. The van der Waals surface area contributed by atoms with Crippen LogP contribution in [0.15, 0.2) is 18.2 Å². The van der Waals surface area contributed by atoms with Crippen LogP contribution in [0.4, 0.5) is 4.39 Å². The largest absolute Gasteiger partial charge is 0.508 e. The highest BCUT2D eigenvalue weighted by molar-refractivity contribution is 5.35. The van der Waals surface area contributed by atoms with E-state index in [0.717, 1.165) is 19.4 Å². The van der Waals surface area contributed by atoms with Crippen LogP contribution < -0.4 is 5.73 Å². The molecule has 1 saturated heterocycles. The lowest BCUT2D eigenvalue weighted by Crippen LogP contribution is -2.37. The van der Waals surface area contributed by atoms with Crippen LogP contribution in [0.5, 0.6) is 5.75 Å². The van der Waals surface area contributed by atoms with Crippen molar-refractivity contribution in [3.05, 3.63) is 29.6 Å². The fourth-order valence-corrected chi connectivity index (χ4v) is 2.66. The summed E-state index contributed by atoms with van der Waals surface area (Å²) in [5.74, 6) is -0.158. The van der Waals surface area contributed by atoms with E-state index in [4.69, 9.17) is 5.73 Å². The number of phenols is 1. The van der Waals surface area contributed by atoms with E-state index in [2.05, 4.69) is 4.90 Å². The van der Waals surface area contributed by atoms with Gasteiger partial charge in [0.05, 0.1) is 0 Å². The average molecular weight is 238 g/mol. The minimum atomic E-state index is -0.312. The van der Waals surface area contributed by atoms with Gasteiger partial charge in [0, 0.05) is 24.2 Å². The summed E-state index contributed by atoms with van der Waals surface area (Å²) < 4.78 is 13.2. The van der Waals surface area contributed by atoms with Crippen LogP contribution in [0.1, 0.15) is 31.4 Å². The molecule has 0 radical (unpaired) electrons. The topological polar surface area (TPSA) is 49.5 Å². The summed E-state index contributed by atoms with van der Waals surface area (Å²) in [5, 5.41) is 9.80. The molecule has 1 aliphatic rings. The SMILES string of the molecule is CC(c1cc(F)ccc1O)N1CCCC1CN. The maximum atomic E-state index is 13.2. The molecule has 2 unspecified atom stereocenters. The van der Waals surface area contributed by atoms with Gasteiger partial charge in [0.25, 0.3) is 0 Å². The highest BCUT2D eigenvalue weighted by Crippen LogP contribution is 2.33. The van der Waals surface area contributed by atoms with Gasteiger partial charge in [-0.2, -0.15) is 0 Å². The first-order chi connectivity index (χ1) is 8.13. The minimum Gasteiger partial charge on any atom is -0.508 e. The summed E-state index contributed by atoms with van der Waals surface area (Å²) in [7, 11) is 0. The Morgan fingerprint density at radius 2 is 2.35 bits per heavy atom. The second-order valence-corrected chi connectivity index (χ2v) is 4.65. The van der Waals surface area contributed by atoms with Crippen molar-refractivity contribution in [2.45, 2.75) is 31.8 Å². The lowest BCUT2D eigenvalue weighted by Gasteiger charge is -2.30. The molecule has 3 nitrogen and oxygen atoms in total. The fourth-order valence-electron chi connectivity index (χ4n) is 2.66. The number of nitrogens with zero attached hydrogens (tertiary/aromatic N) is 1. The van der Waals surface area contributed by atoms with Gasteiger partial charge < -0.3 is 10.8 Å². The van der Waals surface area contributed by atoms with Crippen molar-refractivity contribution in [3.8, 4) is 5.75 Å². The molecule has 0 spiro atoms. The Balaban J connectivity index is 2.24. The average Bonchev–Trinajstić information content (AvgIpc) is 2.79. The van der Waals surface area contributed by atoms with Crippen molar-refractivity contribution in [1.29, 1.82) is 0 Å². The summed E-state index contributed by atoms with van der Waals surface area (Å²) in [6.45, 7) is 3.56. The minimum absolute atomic E-state index is 0.00162. The Bertz CT molecular complexity index is 397. The summed E-state index contributed by atoms with van der Waals surface area (Å²) >= 11 is 0. The van der Waals surface area contributed by atoms with Gasteiger partial charge in [0.15, 0.2) is 0 Å². The molecule has 0 aromatic heterocycles. The number of rotatable bonds is 3. The van der Waals surface area contributed by atoms with Crippen molar-refractivity contribution in [2.24, 2.45) is 5.73 Å². The van der Waals surface area contributed by atoms with Crippen LogP contribution >= 0.6 is 0 Å². The lowest BCUT2D eigenvalue weighted by molar-refractivity contribution is 0.193. The zero-order valence-corrected chi connectivity index (χ0v) is 10.1. The number of likely N-dealkylation sites (tertiary alicyclic amines) is 1. The molecule has 4 heteroatoms. The number of nitrogens with two attached hydrogens (primary N) is 1. The monoisotopic (exact) mass is 238 g/mol. The van der Waals surface area contributed by atoms with Gasteiger partial charge in [-0.25, -0.2) is 4.39 Å². The number of phenolic OH excluding ortho intramolecular Hbond substituents is 1. The van der Waals surface area contributed by atoms with Crippen LogP contribution in [-0.4, -0.2) is 29.1 Å². The normalized spacial score (nSPS) is 22.9. The van der Waals surface area contributed by atoms with E-state index in [9.17, 15) is 9.50 Å². The maximum absolute atomic E-state index is 13.2. The molecule has 0 amide bonds. The Morgan fingerprint density at radius 1 is 1.59 bits per heavy atom. The predicted molar refractivity (Wildman–Crippen MR) is 65.3 cm³/mol. The number of aromatic hydroxyl groups is 1. The predicted octanol–water partition coefficient (Wildman–Crippen LogP) is 2.02. The molecule has 3 N–H and O–H groups in total. The van der Waals surface area contributed by atoms with E-state index in [0.29, 0.717) is 18.2 Å². The van der Waals surface area contributed by atoms with Crippen LogP contribution in [0, 0.1) is 5.82 Å². The fraction of sp³-hybridized carbons (Fsp3) is 0.538. The van der Waals surface area contributed by atoms with Crippen LogP contribution in [0.2, 0.25) is 0 Å². The second-order valence-electron chi connectivity index (χ2n) is 4.65. The van der Waals surface area contributed by atoms with Gasteiger partial charge in [0.2, 0.25) is 0 Å². The van der Waals surface area contributed by atoms with Crippen LogP contribution in [0.3, 0.4) is 0 Å².